The topological polar surface area (TPSA) is 20.3 Å². The summed E-state index contributed by atoms with van der Waals surface area (Å²) in [6, 6.07) is 4.40. The largest absolute Gasteiger partial charge is 0.335 e. The molecule has 0 aliphatic heterocycles. The van der Waals surface area contributed by atoms with E-state index >= 15 is 0 Å². The molecule has 1 aromatic rings. The van der Waals surface area contributed by atoms with E-state index in [1.165, 1.54) is 6.07 Å². The number of amides is 1. The lowest BCUT2D eigenvalue weighted by atomic mass is 10.2. The van der Waals surface area contributed by atoms with Crippen LogP contribution in [0, 0.1) is 5.82 Å². The highest BCUT2D eigenvalue weighted by Gasteiger charge is 2.14. The number of rotatable bonds is 5. The average molecular weight is 300 g/mol. The first-order chi connectivity index (χ1) is 8.10. The summed E-state index contributed by atoms with van der Waals surface area (Å²) in [6.07, 6.45) is 2.53. The van der Waals surface area contributed by atoms with Crippen molar-refractivity contribution in [1.82, 2.24) is 4.90 Å². The molecule has 0 fully saturated rings. The van der Waals surface area contributed by atoms with Gasteiger partial charge in [0.2, 0.25) is 0 Å². The lowest BCUT2D eigenvalue weighted by Gasteiger charge is -2.20. The maximum atomic E-state index is 13.3. The molecule has 0 spiro atoms. The second kappa shape index (κ2) is 6.55. The number of carbonyl (C=O) groups excluding carboxylic acids is 1. The third-order valence-corrected chi connectivity index (χ3v) is 2.94. The molecule has 2 nitrogen and oxygen atoms in total. The molecular weight excluding hydrogens is 285 g/mol. The molecule has 0 bridgehead atoms. The van der Waals surface area contributed by atoms with Gasteiger partial charge in [-0.25, -0.2) is 4.39 Å². The second-order valence-electron chi connectivity index (χ2n) is 3.67. The molecule has 0 aromatic heterocycles. The Kier molecular flexibility index (Phi) is 5.35. The number of carbonyl (C=O) groups is 1. The van der Waals surface area contributed by atoms with Gasteiger partial charge < -0.3 is 4.90 Å². The number of hydrogen-bond acceptors (Lipinski definition) is 1. The molecule has 0 saturated carbocycles. The third-order valence-electron chi connectivity index (χ3n) is 2.30. The van der Waals surface area contributed by atoms with Crippen molar-refractivity contribution in [3.63, 3.8) is 0 Å². The minimum Gasteiger partial charge on any atom is -0.335 e. The smallest absolute Gasteiger partial charge is 0.254 e. The van der Waals surface area contributed by atoms with E-state index in [-0.39, 0.29) is 5.91 Å². The predicted octanol–water partition coefficient (Wildman–Crippen LogP) is 3.63. The summed E-state index contributed by atoms with van der Waals surface area (Å²) < 4.78 is 13.7. The van der Waals surface area contributed by atoms with E-state index in [0.717, 1.165) is 6.42 Å². The summed E-state index contributed by atoms with van der Waals surface area (Å²) in [4.78, 5) is 13.7. The molecule has 1 aromatic carbocycles. The zero-order valence-electron chi connectivity index (χ0n) is 9.75. The minimum absolute atomic E-state index is 0.168. The van der Waals surface area contributed by atoms with Gasteiger partial charge >= 0.3 is 0 Å². The van der Waals surface area contributed by atoms with Gasteiger partial charge in [-0.3, -0.25) is 4.79 Å². The van der Waals surface area contributed by atoms with Crippen LogP contribution in [0.4, 0.5) is 4.39 Å². The highest BCUT2D eigenvalue weighted by Crippen LogP contribution is 2.17. The Bertz CT molecular complexity index is 420. The maximum absolute atomic E-state index is 13.3. The van der Waals surface area contributed by atoms with Crippen LogP contribution in [0.2, 0.25) is 0 Å². The van der Waals surface area contributed by atoms with Crippen molar-refractivity contribution < 1.29 is 9.18 Å². The standard InChI is InChI=1S/C13H15BrFNO/c1-3-7-16(8-4-2)13(17)10-5-6-11(14)12(15)9-10/h3,5-6,9H,1,4,7-8H2,2H3. The molecule has 92 valence electrons. The summed E-state index contributed by atoms with van der Waals surface area (Å²) in [6.45, 7) is 6.72. The van der Waals surface area contributed by atoms with E-state index in [0.29, 0.717) is 23.1 Å². The molecule has 0 atom stereocenters. The van der Waals surface area contributed by atoms with Crippen molar-refractivity contribution in [2.24, 2.45) is 0 Å². The molecule has 0 aliphatic carbocycles. The van der Waals surface area contributed by atoms with Gasteiger partial charge in [0.15, 0.2) is 0 Å². The summed E-state index contributed by atoms with van der Waals surface area (Å²) in [5.74, 6) is -0.593. The average Bonchev–Trinajstić information content (AvgIpc) is 2.31. The van der Waals surface area contributed by atoms with Crippen LogP contribution < -0.4 is 0 Å². The summed E-state index contributed by atoms with van der Waals surface area (Å²) in [5, 5.41) is 0. The fourth-order valence-electron chi connectivity index (χ4n) is 1.51. The van der Waals surface area contributed by atoms with Gasteiger partial charge in [0.25, 0.3) is 5.91 Å². The van der Waals surface area contributed by atoms with Crippen LogP contribution in [0.3, 0.4) is 0 Å². The molecule has 0 heterocycles. The molecule has 0 saturated heterocycles. The second-order valence-corrected chi connectivity index (χ2v) is 4.52. The number of hydrogen-bond donors (Lipinski definition) is 0. The van der Waals surface area contributed by atoms with E-state index in [1.54, 1.807) is 23.1 Å². The number of nitrogens with zero attached hydrogens (tertiary/aromatic N) is 1. The van der Waals surface area contributed by atoms with Crippen LogP contribution in [-0.4, -0.2) is 23.9 Å². The lowest BCUT2D eigenvalue weighted by molar-refractivity contribution is 0.0773. The zero-order valence-corrected chi connectivity index (χ0v) is 11.3. The molecule has 0 aliphatic rings. The van der Waals surface area contributed by atoms with E-state index in [4.69, 9.17) is 0 Å². The third kappa shape index (κ3) is 3.66. The van der Waals surface area contributed by atoms with Gasteiger partial charge in [-0.15, -0.1) is 6.58 Å². The summed E-state index contributed by atoms with van der Waals surface area (Å²) >= 11 is 3.06. The Morgan fingerprint density at radius 1 is 1.59 bits per heavy atom. The van der Waals surface area contributed by atoms with Gasteiger partial charge in [-0.05, 0) is 40.5 Å². The molecule has 0 N–H and O–H groups in total. The van der Waals surface area contributed by atoms with Gasteiger partial charge in [0.05, 0.1) is 4.47 Å². The van der Waals surface area contributed by atoms with Crippen LogP contribution in [-0.2, 0) is 0 Å². The Labute approximate surface area is 109 Å². The van der Waals surface area contributed by atoms with Crippen molar-refractivity contribution >= 4 is 21.8 Å². The molecule has 4 heteroatoms. The molecule has 0 unspecified atom stereocenters. The van der Waals surface area contributed by atoms with E-state index in [2.05, 4.69) is 22.5 Å². The Hall–Kier alpha value is -1.16. The Morgan fingerprint density at radius 2 is 2.29 bits per heavy atom. The van der Waals surface area contributed by atoms with Crippen LogP contribution in [0.25, 0.3) is 0 Å². The van der Waals surface area contributed by atoms with E-state index in [1.807, 2.05) is 6.92 Å². The van der Waals surface area contributed by atoms with Gasteiger partial charge in [0, 0.05) is 18.7 Å². The highest BCUT2D eigenvalue weighted by atomic mass is 79.9. The molecule has 0 radical (unpaired) electrons. The first kappa shape index (κ1) is 13.9. The highest BCUT2D eigenvalue weighted by molar-refractivity contribution is 9.10. The van der Waals surface area contributed by atoms with Crippen LogP contribution in [0.1, 0.15) is 23.7 Å². The predicted molar refractivity (Wildman–Crippen MR) is 70.5 cm³/mol. The fourth-order valence-corrected chi connectivity index (χ4v) is 1.76. The van der Waals surface area contributed by atoms with Crippen LogP contribution in [0.5, 0.6) is 0 Å². The lowest BCUT2D eigenvalue weighted by Crippen LogP contribution is -2.31. The van der Waals surface area contributed by atoms with Crippen molar-refractivity contribution in [2.45, 2.75) is 13.3 Å². The number of halogens is 2. The minimum atomic E-state index is -0.425. The molecule has 1 amide bonds. The Balaban J connectivity index is 2.92. The van der Waals surface area contributed by atoms with Crippen molar-refractivity contribution in [3.05, 3.63) is 46.7 Å². The zero-order chi connectivity index (χ0) is 12.8. The monoisotopic (exact) mass is 299 g/mol. The van der Waals surface area contributed by atoms with Gasteiger partial charge in [0.1, 0.15) is 5.82 Å². The number of benzene rings is 1. The Morgan fingerprint density at radius 3 is 2.82 bits per heavy atom. The normalized spacial score (nSPS) is 10.1. The maximum Gasteiger partial charge on any atom is 0.254 e. The molecule has 17 heavy (non-hydrogen) atoms. The summed E-state index contributed by atoms with van der Waals surface area (Å²) in [7, 11) is 0. The fraction of sp³-hybridized carbons (Fsp3) is 0.308. The van der Waals surface area contributed by atoms with Gasteiger partial charge in [-0.1, -0.05) is 13.0 Å². The van der Waals surface area contributed by atoms with Gasteiger partial charge in [-0.2, -0.15) is 0 Å². The SMILES string of the molecule is C=CCN(CCC)C(=O)c1ccc(Br)c(F)c1. The van der Waals surface area contributed by atoms with E-state index < -0.39 is 5.82 Å². The van der Waals surface area contributed by atoms with Crippen molar-refractivity contribution in [1.29, 1.82) is 0 Å². The van der Waals surface area contributed by atoms with E-state index in [9.17, 15) is 9.18 Å². The van der Waals surface area contributed by atoms with Crippen molar-refractivity contribution in [2.75, 3.05) is 13.1 Å². The van der Waals surface area contributed by atoms with Crippen LogP contribution in [0.15, 0.2) is 35.3 Å². The van der Waals surface area contributed by atoms with Crippen molar-refractivity contribution in [3.8, 4) is 0 Å². The quantitative estimate of drug-likeness (QED) is 0.760. The van der Waals surface area contributed by atoms with Crippen LogP contribution >= 0.6 is 15.9 Å². The first-order valence-corrected chi connectivity index (χ1v) is 6.24. The molecule has 1 rings (SSSR count). The molecular formula is C13H15BrFNO. The summed E-state index contributed by atoms with van der Waals surface area (Å²) in [5.41, 5.74) is 0.362. The first-order valence-electron chi connectivity index (χ1n) is 5.45.